The SMILES string of the molecule is CC#CCn1nc(C(=O)CCC)nc1Cc1ccc(-c2ccccc2C(=O)O)cc1. The first-order valence-corrected chi connectivity index (χ1v) is 9.81. The van der Waals surface area contributed by atoms with Crippen molar-refractivity contribution in [3.63, 3.8) is 0 Å². The normalized spacial score (nSPS) is 10.3. The maximum atomic E-state index is 12.2. The van der Waals surface area contributed by atoms with E-state index in [4.69, 9.17) is 0 Å². The number of ketones is 1. The largest absolute Gasteiger partial charge is 0.478 e. The Labute approximate surface area is 175 Å². The molecule has 0 fully saturated rings. The second-order valence-electron chi connectivity index (χ2n) is 6.83. The summed E-state index contributed by atoms with van der Waals surface area (Å²) in [5.41, 5.74) is 2.75. The van der Waals surface area contributed by atoms with Crippen LogP contribution in [0, 0.1) is 11.8 Å². The van der Waals surface area contributed by atoms with Gasteiger partial charge >= 0.3 is 5.97 Å². The second kappa shape index (κ2) is 9.66. The van der Waals surface area contributed by atoms with Crippen molar-refractivity contribution in [3.8, 4) is 23.0 Å². The zero-order chi connectivity index (χ0) is 21.5. The van der Waals surface area contributed by atoms with Crippen LogP contribution in [-0.4, -0.2) is 31.6 Å². The molecule has 6 heteroatoms. The Kier molecular flexibility index (Phi) is 6.76. The molecule has 0 unspecified atom stereocenters. The number of rotatable bonds is 8. The summed E-state index contributed by atoms with van der Waals surface area (Å²) in [6, 6.07) is 14.6. The highest BCUT2D eigenvalue weighted by molar-refractivity contribution is 5.96. The summed E-state index contributed by atoms with van der Waals surface area (Å²) in [6.45, 7) is 4.08. The van der Waals surface area contributed by atoms with E-state index in [9.17, 15) is 14.7 Å². The third-order valence-corrected chi connectivity index (χ3v) is 4.67. The van der Waals surface area contributed by atoms with Crippen molar-refractivity contribution in [2.24, 2.45) is 0 Å². The van der Waals surface area contributed by atoms with Crippen LogP contribution >= 0.6 is 0 Å². The van der Waals surface area contributed by atoms with Crippen LogP contribution in [-0.2, 0) is 13.0 Å². The van der Waals surface area contributed by atoms with Gasteiger partial charge in [-0.3, -0.25) is 4.79 Å². The van der Waals surface area contributed by atoms with Crippen molar-refractivity contribution in [1.82, 2.24) is 14.8 Å². The van der Waals surface area contributed by atoms with Gasteiger partial charge in [0.25, 0.3) is 0 Å². The first-order chi connectivity index (χ1) is 14.5. The summed E-state index contributed by atoms with van der Waals surface area (Å²) in [6.07, 6.45) is 1.66. The molecule has 0 saturated carbocycles. The number of aromatic carboxylic acids is 1. The maximum Gasteiger partial charge on any atom is 0.336 e. The highest BCUT2D eigenvalue weighted by Gasteiger charge is 2.16. The Morgan fingerprint density at radius 1 is 1.10 bits per heavy atom. The van der Waals surface area contributed by atoms with Crippen LogP contribution in [0.15, 0.2) is 48.5 Å². The van der Waals surface area contributed by atoms with Gasteiger partial charge < -0.3 is 5.11 Å². The number of carbonyl (C=O) groups excluding carboxylic acids is 1. The Hall–Kier alpha value is -3.72. The monoisotopic (exact) mass is 401 g/mol. The average Bonchev–Trinajstić information content (AvgIpc) is 3.15. The quantitative estimate of drug-likeness (QED) is 0.451. The molecular weight excluding hydrogens is 378 g/mol. The van der Waals surface area contributed by atoms with Gasteiger partial charge in [-0.2, -0.15) is 0 Å². The van der Waals surface area contributed by atoms with Crippen LogP contribution in [0.5, 0.6) is 0 Å². The van der Waals surface area contributed by atoms with Gasteiger partial charge in [0, 0.05) is 12.8 Å². The summed E-state index contributed by atoms with van der Waals surface area (Å²) < 4.78 is 1.67. The Morgan fingerprint density at radius 3 is 2.50 bits per heavy atom. The fourth-order valence-corrected chi connectivity index (χ4v) is 3.15. The highest BCUT2D eigenvalue weighted by Crippen LogP contribution is 2.24. The molecule has 0 radical (unpaired) electrons. The molecule has 152 valence electrons. The molecule has 0 saturated heterocycles. The van der Waals surface area contributed by atoms with Crippen LogP contribution in [0.1, 0.15) is 59.1 Å². The van der Waals surface area contributed by atoms with Gasteiger partial charge in [0.2, 0.25) is 11.6 Å². The molecule has 1 aromatic heterocycles. The molecule has 0 spiro atoms. The summed E-state index contributed by atoms with van der Waals surface area (Å²) >= 11 is 0. The molecule has 3 aromatic rings. The lowest BCUT2D eigenvalue weighted by Gasteiger charge is -2.08. The van der Waals surface area contributed by atoms with E-state index in [1.165, 1.54) is 0 Å². The van der Waals surface area contributed by atoms with Gasteiger partial charge in [0.05, 0.1) is 5.56 Å². The number of carbonyl (C=O) groups is 2. The molecule has 0 aliphatic rings. The molecule has 3 rings (SSSR count). The molecule has 1 heterocycles. The molecular formula is C24H23N3O3. The van der Waals surface area contributed by atoms with E-state index >= 15 is 0 Å². The van der Waals surface area contributed by atoms with Gasteiger partial charge in [0.1, 0.15) is 12.4 Å². The number of benzene rings is 2. The molecule has 30 heavy (non-hydrogen) atoms. The van der Waals surface area contributed by atoms with Crippen LogP contribution in [0.2, 0.25) is 0 Å². The molecule has 6 nitrogen and oxygen atoms in total. The first kappa shape index (κ1) is 21.0. The highest BCUT2D eigenvalue weighted by atomic mass is 16.4. The van der Waals surface area contributed by atoms with Crippen molar-refractivity contribution in [2.45, 2.75) is 39.7 Å². The van der Waals surface area contributed by atoms with Crippen LogP contribution in [0.25, 0.3) is 11.1 Å². The third-order valence-electron chi connectivity index (χ3n) is 4.67. The second-order valence-corrected chi connectivity index (χ2v) is 6.83. The summed E-state index contributed by atoms with van der Waals surface area (Å²) in [5.74, 6) is 5.69. The molecule has 2 aromatic carbocycles. The summed E-state index contributed by atoms with van der Waals surface area (Å²) in [4.78, 5) is 28.1. The molecule has 0 aliphatic heterocycles. The van der Waals surface area contributed by atoms with E-state index in [-0.39, 0.29) is 17.2 Å². The average molecular weight is 401 g/mol. The predicted octanol–water partition coefficient (Wildman–Crippen LogP) is 4.24. The number of hydrogen-bond donors (Lipinski definition) is 1. The standard InChI is InChI=1S/C24H23N3O3/c1-3-5-15-27-22(25-23(26-27)21(28)8-4-2)16-17-11-13-18(14-12-17)19-9-6-7-10-20(19)24(29)30/h6-7,9-14H,4,8,15-16H2,1-2H3,(H,29,30). The first-order valence-electron chi connectivity index (χ1n) is 9.81. The third kappa shape index (κ3) is 4.81. The van der Waals surface area contributed by atoms with Crippen molar-refractivity contribution in [2.75, 3.05) is 0 Å². The minimum Gasteiger partial charge on any atom is -0.478 e. The molecule has 0 amide bonds. The molecule has 1 N–H and O–H groups in total. The van der Waals surface area contributed by atoms with E-state index in [1.54, 1.807) is 29.8 Å². The van der Waals surface area contributed by atoms with E-state index in [2.05, 4.69) is 21.9 Å². The zero-order valence-corrected chi connectivity index (χ0v) is 17.1. The number of hydrogen-bond acceptors (Lipinski definition) is 4. The van der Waals surface area contributed by atoms with E-state index in [1.807, 2.05) is 37.3 Å². The maximum absolute atomic E-state index is 12.2. The van der Waals surface area contributed by atoms with Gasteiger partial charge in [-0.1, -0.05) is 55.3 Å². The number of aromatic nitrogens is 3. The van der Waals surface area contributed by atoms with Gasteiger partial charge in [0.15, 0.2) is 0 Å². The topological polar surface area (TPSA) is 85.1 Å². The van der Waals surface area contributed by atoms with Crippen LogP contribution in [0.4, 0.5) is 0 Å². The number of nitrogens with zero attached hydrogens (tertiary/aromatic N) is 3. The zero-order valence-electron chi connectivity index (χ0n) is 17.1. The number of carboxylic acids is 1. The van der Waals surface area contributed by atoms with Crippen molar-refractivity contribution in [1.29, 1.82) is 0 Å². The van der Waals surface area contributed by atoms with Crippen molar-refractivity contribution < 1.29 is 14.7 Å². The lowest BCUT2D eigenvalue weighted by Crippen LogP contribution is -2.06. The van der Waals surface area contributed by atoms with E-state index in [0.29, 0.717) is 30.8 Å². The summed E-state index contributed by atoms with van der Waals surface area (Å²) in [5, 5.41) is 13.8. The number of Topliss-reactive ketones (excluding diaryl/α,β-unsaturated/α-hetero) is 1. The van der Waals surface area contributed by atoms with E-state index in [0.717, 1.165) is 17.5 Å². The van der Waals surface area contributed by atoms with Crippen LogP contribution < -0.4 is 0 Å². The minimum atomic E-state index is -0.955. The molecule has 0 atom stereocenters. The smallest absolute Gasteiger partial charge is 0.336 e. The van der Waals surface area contributed by atoms with Crippen molar-refractivity contribution >= 4 is 11.8 Å². The lowest BCUT2D eigenvalue weighted by molar-refractivity contribution is 0.0697. The Morgan fingerprint density at radius 2 is 1.83 bits per heavy atom. The predicted molar refractivity (Wildman–Crippen MR) is 114 cm³/mol. The summed E-state index contributed by atoms with van der Waals surface area (Å²) in [7, 11) is 0. The van der Waals surface area contributed by atoms with Crippen molar-refractivity contribution in [3.05, 3.63) is 71.3 Å². The fraction of sp³-hybridized carbons (Fsp3) is 0.250. The molecule has 0 bridgehead atoms. The Bertz CT molecular complexity index is 1120. The van der Waals surface area contributed by atoms with Gasteiger partial charge in [-0.25, -0.2) is 14.5 Å². The fourth-order valence-electron chi connectivity index (χ4n) is 3.15. The Balaban J connectivity index is 1.87. The number of carboxylic acid groups (broad SMARTS) is 1. The van der Waals surface area contributed by atoms with Gasteiger partial charge in [-0.15, -0.1) is 11.0 Å². The van der Waals surface area contributed by atoms with Gasteiger partial charge in [-0.05, 0) is 36.1 Å². The minimum absolute atomic E-state index is 0.0671. The van der Waals surface area contributed by atoms with E-state index < -0.39 is 5.97 Å². The van der Waals surface area contributed by atoms with Crippen LogP contribution in [0.3, 0.4) is 0 Å². The molecule has 0 aliphatic carbocycles. The lowest BCUT2D eigenvalue weighted by atomic mass is 9.98.